The Balaban J connectivity index is 1.41. The van der Waals surface area contributed by atoms with Crippen molar-refractivity contribution in [3.63, 3.8) is 0 Å². The van der Waals surface area contributed by atoms with Crippen LogP contribution in [0.25, 0.3) is 10.6 Å². The Labute approximate surface area is 161 Å². The minimum absolute atomic E-state index is 0.0695. The summed E-state index contributed by atoms with van der Waals surface area (Å²) in [5.41, 5.74) is 3.27. The van der Waals surface area contributed by atoms with Gasteiger partial charge in [0.05, 0.1) is 33.7 Å². The average molecular weight is 384 g/mol. The summed E-state index contributed by atoms with van der Waals surface area (Å²) < 4.78 is 0. The van der Waals surface area contributed by atoms with E-state index in [0.29, 0.717) is 12.3 Å². The molecule has 0 spiro atoms. The number of nitrogens with one attached hydrogen (secondary N) is 1. The van der Waals surface area contributed by atoms with E-state index in [4.69, 9.17) is 0 Å². The molecule has 1 aliphatic heterocycles. The number of carbonyl (C=O) groups is 1. The normalized spacial score (nSPS) is 19.8. The molecular weight excluding hydrogens is 362 g/mol. The average Bonchev–Trinajstić information content (AvgIpc) is 3.35. The number of hydrogen-bond donors (Lipinski definition) is 1. The lowest BCUT2D eigenvalue weighted by molar-refractivity contribution is -0.120. The fourth-order valence-corrected chi connectivity index (χ4v) is 5.25. The van der Waals surface area contributed by atoms with Crippen LogP contribution in [0.4, 0.5) is 0 Å². The standard InChI is InChI=1S/C20H21N3OS2/c1-12-20(26-13(2)22-12)17-11-25-19(23-17)9-18(24)16-8-15(10-21-16)14-6-4-3-5-7-14/h3-7,11,15-16,21H,8-10H2,1-2H3/t15-,16+/m1/s1. The van der Waals surface area contributed by atoms with Crippen molar-refractivity contribution in [2.45, 2.75) is 38.6 Å². The predicted octanol–water partition coefficient (Wildman–Crippen LogP) is 4.14. The van der Waals surface area contributed by atoms with E-state index in [1.807, 2.05) is 25.3 Å². The van der Waals surface area contributed by atoms with Crippen molar-refractivity contribution < 1.29 is 4.79 Å². The molecule has 1 aliphatic rings. The highest BCUT2D eigenvalue weighted by atomic mass is 32.1. The molecule has 3 heterocycles. The second-order valence-corrected chi connectivity index (χ2v) is 8.87. The highest BCUT2D eigenvalue weighted by molar-refractivity contribution is 7.16. The lowest BCUT2D eigenvalue weighted by Crippen LogP contribution is -2.31. The van der Waals surface area contributed by atoms with Gasteiger partial charge in [0.1, 0.15) is 5.01 Å². The van der Waals surface area contributed by atoms with Gasteiger partial charge in [-0.05, 0) is 31.7 Å². The first-order valence-electron chi connectivity index (χ1n) is 8.80. The molecule has 0 aliphatic carbocycles. The zero-order valence-electron chi connectivity index (χ0n) is 14.9. The molecular formula is C20H21N3OS2. The van der Waals surface area contributed by atoms with Gasteiger partial charge in [0.15, 0.2) is 5.78 Å². The third-order valence-corrected chi connectivity index (χ3v) is 6.75. The van der Waals surface area contributed by atoms with Gasteiger partial charge in [0.2, 0.25) is 0 Å². The van der Waals surface area contributed by atoms with E-state index in [1.165, 1.54) is 5.56 Å². The Morgan fingerprint density at radius 2 is 2.04 bits per heavy atom. The minimum atomic E-state index is -0.0695. The van der Waals surface area contributed by atoms with E-state index in [0.717, 1.165) is 39.2 Å². The molecule has 0 saturated carbocycles. The molecule has 1 fully saturated rings. The predicted molar refractivity (Wildman–Crippen MR) is 107 cm³/mol. The Morgan fingerprint density at radius 3 is 2.77 bits per heavy atom. The summed E-state index contributed by atoms with van der Waals surface area (Å²) >= 11 is 3.22. The third-order valence-electron chi connectivity index (χ3n) is 4.80. The summed E-state index contributed by atoms with van der Waals surface area (Å²) in [4.78, 5) is 23.0. The molecule has 134 valence electrons. The monoisotopic (exact) mass is 383 g/mol. The van der Waals surface area contributed by atoms with Crippen molar-refractivity contribution in [1.82, 2.24) is 15.3 Å². The number of Topliss-reactive ketones (excluding diaryl/α,β-unsaturated/α-hetero) is 1. The van der Waals surface area contributed by atoms with Crippen molar-refractivity contribution in [2.75, 3.05) is 6.54 Å². The molecule has 2 aromatic heterocycles. The van der Waals surface area contributed by atoms with Gasteiger partial charge in [-0.2, -0.15) is 0 Å². The largest absolute Gasteiger partial charge is 0.307 e. The van der Waals surface area contributed by atoms with Crippen LogP contribution < -0.4 is 5.32 Å². The molecule has 26 heavy (non-hydrogen) atoms. The molecule has 4 rings (SSSR count). The van der Waals surface area contributed by atoms with Crippen molar-refractivity contribution >= 4 is 28.5 Å². The zero-order chi connectivity index (χ0) is 18.1. The summed E-state index contributed by atoms with van der Waals surface area (Å²) in [7, 11) is 0. The topological polar surface area (TPSA) is 54.9 Å². The van der Waals surface area contributed by atoms with Crippen LogP contribution in [0, 0.1) is 13.8 Å². The van der Waals surface area contributed by atoms with Crippen LogP contribution in [-0.4, -0.2) is 28.3 Å². The van der Waals surface area contributed by atoms with E-state index >= 15 is 0 Å². The van der Waals surface area contributed by atoms with Crippen LogP contribution in [0.2, 0.25) is 0 Å². The fourth-order valence-electron chi connectivity index (χ4n) is 3.50. The maximum atomic E-state index is 12.7. The molecule has 2 atom stereocenters. The molecule has 4 nitrogen and oxygen atoms in total. The summed E-state index contributed by atoms with van der Waals surface area (Å²) in [6.45, 7) is 4.88. The molecule has 1 N–H and O–H groups in total. The third kappa shape index (κ3) is 3.63. The zero-order valence-corrected chi connectivity index (χ0v) is 16.5. The summed E-state index contributed by atoms with van der Waals surface area (Å²) in [5.74, 6) is 0.654. The molecule has 3 aromatic rings. The summed E-state index contributed by atoms with van der Waals surface area (Å²) in [6.07, 6.45) is 1.27. The van der Waals surface area contributed by atoms with Crippen LogP contribution >= 0.6 is 22.7 Å². The van der Waals surface area contributed by atoms with Gasteiger partial charge in [-0.15, -0.1) is 22.7 Å². The first kappa shape index (κ1) is 17.5. The van der Waals surface area contributed by atoms with Crippen LogP contribution in [-0.2, 0) is 11.2 Å². The first-order valence-corrected chi connectivity index (χ1v) is 10.5. The number of hydrogen-bond acceptors (Lipinski definition) is 6. The highest BCUT2D eigenvalue weighted by Gasteiger charge is 2.30. The van der Waals surface area contributed by atoms with E-state index in [2.05, 4.69) is 39.6 Å². The first-order chi connectivity index (χ1) is 12.6. The van der Waals surface area contributed by atoms with E-state index in [-0.39, 0.29) is 11.8 Å². The number of aromatic nitrogens is 2. The van der Waals surface area contributed by atoms with Gasteiger partial charge in [-0.25, -0.2) is 9.97 Å². The maximum Gasteiger partial charge on any atom is 0.156 e. The molecule has 0 amide bonds. The SMILES string of the molecule is Cc1nc(C)c(-c2csc(CC(=O)[C@@H]3C[C@@H](c4ccccc4)CN3)n2)s1. The lowest BCUT2D eigenvalue weighted by atomic mass is 9.95. The smallest absolute Gasteiger partial charge is 0.156 e. The molecule has 0 unspecified atom stereocenters. The molecule has 0 bridgehead atoms. The number of aryl methyl sites for hydroxylation is 2. The molecule has 6 heteroatoms. The Morgan fingerprint density at radius 1 is 1.23 bits per heavy atom. The second kappa shape index (κ2) is 7.39. The number of benzene rings is 1. The summed E-state index contributed by atoms with van der Waals surface area (Å²) in [6, 6.07) is 10.4. The van der Waals surface area contributed by atoms with Gasteiger partial charge >= 0.3 is 0 Å². The number of thiazole rings is 2. The van der Waals surface area contributed by atoms with Gasteiger partial charge < -0.3 is 5.32 Å². The Bertz CT molecular complexity index is 916. The van der Waals surface area contributed by atoms with Crippen LogP contribution in [0.15, 0.2) is 35.7 Å². The van der Waals surface area contributed by atoms with Crippen molar-refractivity contribution in [1.29, 1.82) is 0 Å². The van der Waals surface area contributed by atoms with Crippen LogP contribution in [0.3, 0.4) is 0 Å². The molecule has 1 saturated heterocycles. The van der Waals surface area contributed by atoms with Crippen LogP contribution in [0.1, 0.15) is 33.6 Å². The van der Waals surface area contributed by atoms with E-state index in [9.17, 15) is 4.79 Å². The Kier molecular flexibility index (Phi) is 4.98. The molecule has 1 aromatic carbocycles. The van der Waals surface area contributed by atoms with Gasteiger partial charge in [0, 0.05) is 11.9 Å². The van der Waals surface area contributed by atoms with Crippen molar-refractivity contribution in [3.05, 3.63) is 57.0 Å². The van der Waals surface area contributed by atoms with Crippen molar-refractivity contribution in [3.8, 4) is 10.6 Å². The maximum absolute atomic E-state index is 12.7. The number of ketones is 1. The minimum Gasteiger partial charge on any atom is -0.307 e. The summed E-state index contributed by atoms with van der Waals surface area (Å²) in [5, 5.41) is 7.37. The van der Waals surface area contributed by atoms with Gasteiger partial charge in [0.25, 0.3) is 0 Å². The van der Waals surface area contributed by atoms with Crippen molar-refractivity contribution in [2.24, 2.45) is 0 Å². The van der Waals surface area contributed by atoms with Crippen LogP contribution in [0.5, 0.6) is 0 Å². The second-order valence-electron chi connectivity index (χ2n) is 6.72. The quantitative estimate of drug-likeness (QED) is 0.719. The lowest BCUT2D eigenvalue weighted by Gasteiger charge is -2.09. The van der Waals surface area contributed by atoms with E-state index < -0.39 is 0 Å². The van der Waals surface area contributed by atoms with Gasteiger partial charge in [-0.1, -0.05) is 30.3 Å². The number of rotatable bonds is 5. The van der Waals surface area contributed by atoms with Gasteiger partial charge in [-0.3, -0.25) is 4.79 Å². The Hall–Kier alpha value is -1.89. The number of carbonyl (C=O) groups excluding carboxylic acids is 1. The highest BCUT2D eigenvalue weighted by Crippen LogP contribution is 2.31. The fraction of sp³-hybridized carbons (Fsp3) is 0.350. The van der Waals surface area contributed by atoms with E-state index in [1.54, 1.807) is 22.7 Å². The number of nitrogens with zero attached hydrogens (tertiary/aromatic N) is 2. The molecule has 0 radical (unpaired) electrons.